The zero-order chi connectivity index (χ0) is 18.1. The van der Waals surface area contributed by atoms with Gasteiger partial charge in [-0.25, -0.2) is 4.98 Å². The van der Waals surface area contributed by atoms with Crippen LogP contribution in [0.25, 0.3) is 0 Å². The molecular formula is C18H34IN5OS. The number of nitrogens with zero attached hydrogens (tertiary/aromatic N) is 3. The van der Waals surface area contributed by atoms with Gasteiger partial charge in [0.2, 0.25) is 0 Å². The van der Waals surface area contributed by atoms with Crippen molar-refractivity contribution in [1.82, 2.24) is 20.5 Å². The number of hydrogen-bond donors (Lipinski definition) is 2. The highest BCUT2D eigenvalue weighted by Gasteiger charge is 2.28. The van der Waals surface area contributed by atoms with E-state index in [0.29, 0.717) is 0 Å². The molecule has 0 unspecified atom stereocenters. The van der Waals surface area contributed by atoms with Crippen molar-refractivity contribution in [1.29, 1.82) is 0 Å². The number of halogens is 1. The first kappa shape index (κ1) is 23.6. The van der Waals surface area contributed by atoms with Crippen LogP contribution in [0.15, 0.2) is 10.4 Å². The average molecular weight is 495 g/mol. The SMILES string of the molecule is CCNC(=NCC(C)(C)N1CCOCC1)NCCc1csc(CC)n1.I. The Bertz CT molecular complexity index is 543. The van der Waals surface area contributed by atoms with Gasteiger partial charge in [0.15, 0.2) is 5.96 Å². The van der Waals surface area contributed by atoms with Crippen LogP contribution in [-0.4, -0.2) is 67.3 Å². The second-order valence-electron chi connectivity index (χ2n) is 6.87. The fraction of sp³-hybridized carbons (Fsp3) is 0.778. The number of aromatic nitrogens is 1. The van der Waals surface area contributed by atoms with Gasteiger partial charge in [-0.05, 0) is 27.2 Å². The van der Waals surface area contributed by atoms with Gasteiger partial charge >= 0.3 is 0 Å². The molecule has 2 rings (SSSR count). The first-order valence-electron chi connectivity index (χ1n) is 9.33. The molecule has 0 bridgehead atoms. The van der Waals surface area contributed by atoms with Gasteiger partial charge in [0, 0.05) is 43.5 Å². The van der Waals surface area contributed by atoms with Crippen LogP contribution in [0.1, 0.15) is 38.4 Å². The monoisotopic (exact) mass is 495 g/mol. The highest BCUT2D eigenvalue weighted by atomic mass is 127. The number of aryl methyl sites for hydroxylation is 1. The number of nitrogens with one attached hydrogen (secondary N) is 2. The Hall–Kier alpha value is -0.450. The molecule has 2 heterocycles. The van der Waals surface area contributed by atoms with Crippen molar-refractivity contribution in [3.05, 3.63) is 16.1 Å². The smallest absolute Gasteiger partial charge is 0.191 e. The third-order valence-electron chi connectivity index (χ3n) is 4.41. The molecular weight excluding hydrogens is 461 g/mol. The van der Waals surface area contributed by atoms with Gasteiger partial charge in [0.05, 0.1) is 30.5 Å². The van der Waals surface area contributed by atoms with Crippen LogP contribution >= 0.6 is 35.3 Å². The highest BCUT2D eigenvalue weighted by Crippen LogP contribution is 2.16. The molecule has 0 spiro atoms. The van der Waals surface area contributed by atoms with Crippen molar-refractivity contribution in [2.45, 2.75) is 46.1 Å². The first-order chi connectivity index (χ1) is 12.0. The maximum absolute atomic E-state index is 5.46. The summed E-state index contributed by atoms with van der Waals surface area (Å²) in [5.74, 6) is 0.884. The minimum Gasteiger partial charge on any atom is -0.379 e. The van der Waals surface area contributed by atoms with Crippen LogP contribution in [0.4, 0.5) is 0 Å². The molecule has 1 aromatic rings. The zero-order valence-corrected chi connectivity index (χ0v) is 19.7. The van der Waals surface area contributed by atoms with Crippen LogP contribution < -0.4 is 10.6 Å². The topological polar surface area (TPSA) is 61.8 Å². The normalized spacial score (nSPS) is 16.2. The second kappa shape index (κ2) is 12.1. The van der Waals surface area contributed by atoms with E-state index >= 15 is 0 Å². The summed E-state index contributed by atoms with van der Waals surface area (Å²) in [7, 11) is 0. The number of morpholine rings is 1. The predicted octanol–water partition coefficient (Wildman–Crippen LogP) is 2.53. The molecule has 0 aliphatic carbocycles. The largest absolute Gasteiger partial charge is 0.379 e. The maximum Gasteiger partial charge on any atom is 0.191 e. The molecule has 1 aromatic heterocycles. The van der Waals surface area contributed by atoms with Crippen molar-refractivity contribution in [3.63, 3.8) is 0 Å². The molecule has 6 nitrogen and oxygen atoms in total. The Morgan fingerprint density at radius 1 is 1.31 bits per heavy atom. The predicted molar refractivity (Wildman–Crippen MR) is 121 cm³/mol. The molecule has 1 saturated heterocycles. The number of ether oxygens (including phenoxy) is 1. The quantitative estimate of drug-likeness (QED) is 0.330. The minimum atomic E-state index is 0. The molecule has 1 aliphatic heterocycles. The number of rotatable bonds is 8. The number of thiazole rings is 1. The molecule has 0 atom stereocenters. The van der Waals surface area contributed by atoms with Crippen molar-refractivity contribution in [2.75, 3.05) is 45.9 Å². The van der Waals surface area contributed by atoms with Crippen LogP contribution in [0.3, 0.4) is 0 Å². The lowest BCUT2D eigenvalue weighted by molar-refractivity contribution is -0.00683. The van der Waals surface area contributed by atoms with E-state index in [9.17, 15) is 0 Å². The Labute approximate surface area is 179 Å². The van der Waals surface area contributed by atoms with E-state index in [2.05, 4.69) is 53.6 Å². The highest BCUT2D eigenvalue weighted by molar-refractivity contribution is 14.0. The number of guanidine groups is 1. The molecule has 1 fully saturated rings. The Morgan fingerprint density at radius 3 is 2.65 bits per heavy atom. The molecule has 0 radical (unpaired) electrons. The number of aliphatic imine (C=N–C) groups is 1. The van der Waals surface area contributed by atoms with Gasteiger partial charge in [0.1, 0.15) is 0 Å². The van der Waals surface area contributed by atoms with Gasteiger partial charge in [-0.15, -0.1) is 35.3 Å². The molecule has 26 heavy (non-hydrogen) atoms. The van der Waals surface area contributed by atoms with Crippen LogP contribution in [0.5, 0.6) is 0 Å². The summed E-state index contributed by atoms with van der Waals surface area (Å²) in [5.41, 5.74) is 1.20. The van der Waals surface area contributed by atoms with Gasteiger partial charge in [0.25, 0.3) is 0 Å². The van der Waals surface area contributed by atoms with Crippen molar-refractivity contribution in [3.8, 4) is 0 Å². The third-order valence-corrected chi connectivity index (χ3v) is 5.45. The lowest BCUT2D eigenvalue weighted by Gasteiger charge is -2.39. The standard InChI is InChI=1S/C18H33N5OS.HI/c1-5-16-22-15(13-25-16)7-8-20-17(19-6-2)21-14-18(3,4)23-9-11-24-12-10-23;/h13H,5-12,14H2,1-4H3,(H2,19,20,21);1H. The molecule has 0 amide bonds. The Morgan fingerprint density at radius 2 is 2.04 bits per heavy atom. The van der Waals surface area contributed by atoms with Gasteiger partial charge in [-0.2, -0.15) is 0 Å². The lowest BCUT2D eigenvalue weighted by atomic mass is 10.0. The summed E-state index contributed by atoms with van der Waals surface area (Å²) in [5, 5.41) is 10.1. The summed E-state index contributed by atoms with van der Waals surface area (Å²) < 4.78 is 5.46. The van der Waals surface area contributed by atoms with E-state index in [4.69, 9.17) is 9.73 Å². The molecule has 0 saturated carbocycles. The molecule has 150 valence electrons. The maximum atomic E-state index is 5.46. The summed E-state index contributed by atoms with van der Waals surface area (Å²) in [4.78, 5) is 11.9. The van der Waals surface area contributed by atoms with Crippen molar-refractivity contribution < 1.29 is 4.74 Å². The molecule has 1 aliphatic rings. The summed E-state index contributed by atoms with van der Waals surface area (Å²) >= 11 is 1.75. The van der Waals surface area contributed by atoms with Crippen LogP contribution in [-0.2, 0) is 17.6 Å². The van der Waals surface area contributed by atoms with E-state index in [-0.39, 0.29) is 29.5 Å². The van der Waals surface area contributed by atoms with E-state index < -0.39 is 0 Å². The lowest BCUT2D eigenvalue weighted by Crippen LogP contribution is -2.52. The Balaban J connectivity index is 0.00000338. The average Bonchev–Trinajstić information content (AvgIpc) is 3.08. The third kappa shape index (κ3) is 7.66. The van der Waals surface area contributed by atoms with E-state index in [0.717, 1.165) is 64.7 Å². The molecule has 0 aromatic carbocycles. The van der Waals surface area contributed by atoms with E-state index in [1.165, 1.54) is 10.7 Å². The molecule has 2 N–H and O–H groups in total. The zero-order valence-electron chi connectivity index (χ0n) is 16.5. The van der Waals surface area contributed by atoms with E-state index in [1.54, 1.807) is 11.3 Å². The fourth-order valence-corrected chi connectivity index (χ4v) is 3.60. The second-order valence-corrected chi connectivity index (χ2v) is 7.81. The summed E-state index contributed by atoms with van der Waals surface area (Å²) in [6.07, 6.45) is 1.94. The minimum absolute atomic E-state index is 0. The van der Waals surface area contributed by atoms with Gasteiger partial charge < -0.3 is 15.4 Å². The van der Waals surface area contributed by atoms with E-state index in [1.807, 2.05) is 0 Å². The summed E-state index contributed by atoms with van der Waals surface area (Å²) in [6, 6.07) is 0. The van der Waals surface area contributed by atoms with Crippen molar-refractivity contribution >= 4 is 41.3 Å². The number of hydrogen-bond acceptors (Lipinski definition) is 5. The van der Waals surface area contributed by atoms with Crippen LogP contribution in [0, 0.1) is 0 Å². The first-order valence-corrected chi connectivity index (χ1v) is 10.2. The van der Waals surface area contributed by atoms with Gasteiger partial charge in [-0.3, -0.25) is 9.89 Å². The molecule has 8 heteroatoms. The summed E-state index contributed by atoms with van der Waals surface area (Å²) in [6.45, 7) is 14.8. The fourth-order valence-electron chi connectivity index (χ4n) is 2.82. The Kier molecular flexibility index (Phi) is 11.0. The van der Waals surface area contributed by atoms with Gasteiger partial charge in [-0.1, -0.05) is 6.92 Å². The van der Waals surface area contributed by atoms with Crippen LogP contribution in [0.2, 0.25) is 0 Å². The van der Waals surface area contributed by atoms with Crippen molar-refractivity contribution in [2.24, 2.45) is 4.99 Å².